The number of rotatable bonds is 1. The van der Waals surface area contributed by atoms with Crippen LogP contribution in [0, 0.1) is 0 Å². The van der Waals surface area contributed by atoms with Gasteiger partial charge in [-0.2, -0.15) is 0 Å². The third kappa shape index (κ3) is 2.10. The lowest BCUT2D eigenvalue weighted by Crippen LogP contribution is -2.33. The number of aromatic nitrogens is 1. The van der Waals surface area contributed by atoms with E-state index in [0.29, 0.717) is 18.8 Å². The lowest BCUT2D eigenvalue weighted by Gasteiger charge is -2.17. The van der Waals surface area contributed by atoms with Crippen molar-refractivity contribution in [3.05, 3.63) is 16.6 Å². The minimum absolute atomic E-state index is 0.0248. The van der Waals surface area contributed by atoms with Crippen molar-refractivity contribution in [2.75, 3.05) is 26.3 Å². The molecule has 1 aliphatic heterocycles. The third-order valence-electron chi connectivity index (χ3n) is 2.16. The second-order valence-electron chi connectivity index (χ2n) is 3.13. The topological polar surface area (TPSA) is 42.4 Å². The van der Waals surface area contributed by atoms with Gasteiger partial charge in [0.15, 0.2) is 0 Å². The predicted octanol–water partition coefficient (Wildman–Crippen LogP) is 1.01. The number of hydrogen-bond acceptors (Lipinski definition) is 4. The highest BCUT2D eigenvalue weighted by atomic mass is 32.1. The van der Waals surface area contributed by atoms with Crippen molar-refractivity contribution in [3.8, 4) is 0 Å². The molecule has 76 valence electrons. The van der Waals surface area contributed by atoms with E-state index in [2.05, 4.69) is 4.98 Å². The molecule has 0 spiro atoms. The summed E-state index contributed by atoms with van der Waals surface area (Å²) in [6.07, 6.45) is 0.913. The largest absolute Gasteiger partial charge is 0.380 e. The van der Waals surface area contributed by atoms with Crippen LogP contribution in [-0.2, 0) is 4.74 Å². The minimum atomic E-state index is 0.0248. The first-order valence-electron chi connectivity index (χ1n) is 4.63. The van der Waals surface area contributed by atoms with Gasteiger partial charge in [0, 0.05) is 25.1 Å². The Labute approximate surface area is 86.5 Å². The average molecular weight is 212 g/mol. The van der Waals surface area contributed by atoms with Crippen molar-refractivity contribution in [3.63, 3.8) is 0 Å². The second kappa shape index (κ2) is 4.52. The van der Waals surface area contributed by atoms with Crippen LogP contribution in [0.15, 0.2) is 10.9 Å². The maximum Gasteiger partial charge on any atom is 0.273 e. The van der Waals surface area contributed by atoms with Gasteiger partial charge >= 0.3 is 0 Å². The maximum absolute atomic E-state index is 11.8. The molecule has 2 heterocycles. The highest BCUT2D eigenvalue weighted by Crippen LogP contribution is 2.08. The molecule has 1 amide bonds. The van der Waals surface area contributed by atoms with Crippen molar-refractivity contribution in [2.24, 2.45) is 0 Å². The Bertz CT molecular complexity index is 292. The standard InChI is InChI=1S/C9H12N2O2S/c12-9(8-6-14-7-10-8)11-2-1-4-13-5-3-11/h6-7H,1-5H2. The van der Waals surface area contributed by atoms with E-state index in [9.17, 15) is 4.79 Å². The first-order valence-corrected chi connectivity index (χ1v) is 5.57. The van der Waals surface area contributed by atoms with Gasteiger partial charge in [0.05, 0.1) is 12.1 Å². The minimum Gasteiger partial charge on any atom is -0.380 e. The Balaban J connectivity index is 2.03. The zero-order valence-corrected chi connectivity index (χ0v) is 8.63. The van der Waals surface area contributed by atoms with Crippen LogP contribution < -0.4 is 0 Å². The molecule has 0 aromatic carbocycles. The summed E-state index contributed by atoms with van der Waals surface area (Å²) in [4.78, 5) is 17.6. The molecular formula is C9H12N2O2S. The van der Waals surface area contributed by atoms with Crippen LogP contribution in [0.1, 0.15) is 16.9 Å². The summed E-state index contributed by atoms with van der Waals surface area (Å²) >= 11 is 1.45. The summed E-state index contributed by atoms with van der Waals surface area (Å²) in [6, 6.07) is 0. The molecule has 0 unspecified atom stereocenters. The summed E-state index contributed by atoms with van der Waals surface area (Å²) < 4.78 is 5.28. The Morgan fingerprint density at radius 1 is 1.50 bits per heavy atom. The normalized spacial score (nSPS) is 17.9. The summed E-state index contributed by atoms with van der Waals surface area (Å²) in [5.41, 5.74) is 2.23. The number of ether oxygens (including phenoxy) is 1. The lowest BCUT2D eigenvalue weighted by atomic mass is 10.3. The van der Waals surface area contributed by atoms with Crippen LogP contribution in [0.2, 0.25) is 0 Å². The maximum atomic E-state index is 11.8. The Morgan fingerprint density at radius 3 is 3.21 bits per heavy atom. The van der Waals surface area contributed by atoms with Gasteiger partial charge in [0.25, 0.3) is 5.91 Å². The molecule has 0 bridgehead atoms. The van der Waals surface area contributed by atoms with Crippen molar-refractivity contribution in [1.29, 1.82) is 0 Å². The van der Waals surface area contributed by atoms with Gasteiger partial charge in [-0.1, -0.05) is 0 Å². The molecule has 2 rings (SSSR count). The number of thiazole rings is 1. The van der Waals surface area contributed by atoms with Crippen molar-refractivity contribution >= 4 is 17.2 Å². The Kier molecular flexibility index (Phi) is 3.10. The fraction of sp³-hybridized carbons (Fsp3) is 0.556. The Hall–Kier alpha value is -0.940. The van der Waals surface area contributed by atoms with Crippen LogP contribution >= 0.6 is 11.3 Å². The summed E-state index contributed by atoms with van der Waals surface area (Å²) in [5.74, 6) is 0.0248. The highest BCUT2D eigenvalue weighted by Gasteiger charge is 2.18. The van der Waals surface area contributed by atoms with E-state index in [1.54, 1.807) is 10.9 Å². The van der Waals surface area contributed by atoms with Gasteiger partial charge in [-0.05, 0) is 6.42 Å². The van der Waals surface area contributed by atoms with E-state index in [0.717, 1.165) is 19.6 Å². The van der Waals surface area contributed by atoms with Crippen LogP contribution in [0.3, 0.4) is 0 Å². The van der Waals surface area contributed by atoms with Crippen LogP contribution in [-0.4, -0.2) is 42.1 Å². The molecule has 0 aliphatic carbocycles. The first kappa shape index (κ1) is 9.61. The SMILES string of the molecule is O=C(c1cscn1)N1CCCOCC1. The fourth-order valence-electron chi connectivity index (χ4n) is 1.43. The molecule has 5 heteroatoms. The molecule has 1 aliphatic rings. The van der Waals surface area contributed by atoms with Crippen LogP contribution in [0.25, 0.3) is 0 Å². The number of hydrogen-bond donors (Lipinski definition) is 0. The van der Waals surface area contributed by atoms with Gasteiger partial charge in [-0.3, -0.25) is 4.79 Å². The van der Waals surface area contributed by atoms with E-state index in [1.807, 2.05) is 4.90 Å². The summed E-state index contributed by atoms with van der Waals surface area (Å²) in [5, 5.41) is 1.79. The van der Waals surface area contributed by atoms with Gasteiger partial charge in [0.2, 0.25) is 0 Å². The zero-order chi connectivity index (χ0) is 9.80. The van der Waals surface area contributed by atoms with E-state index >= 15 is 0 Å². The van der Waals surface area contributed by atoms with Crippen molar-refractivity contribution < 1.29 is 9.53 Å². The molecule has 4 nitrogen and oxygen atoms in total. The molecule has 0 N–H and O–H groups in total. The molecule has 0 radical (unpaired) electrons. The van der Waals surface area contributed by atoms with E-state index in [-0.39, 0.29) is 5.91 Å². The summed E-state index contributed by atoms with van der Waals surface area (Å²) in [7, 11) is 0. The quantitative estimate of drug-likeness (QED) is 0.697. The number of amides is 1. The van der Waals surface area contributed by atoms with Crippen LogP contribution in [0.5, 0.6) is 0 Å². The molecule has 0 saturated carbocycles. The van der Waals surface area contributed by atoms with Crippen molar-refractivity contribution in [2.45, 2.75) is 6.42 Å². The molecule has 1 aromatic heterocycles. The predicted molar refractivity (Wildman–Crippen MR) is 53.5 cm³/mol. The first-order chi connectivity index (χ1) is 6.88. The van der Waals surface area contributed by atoms with E-state index in [1.165, 1.54) is 11.3 Å². The van der Waals surface area contributed by atoms with Gasteiger partial charge in [-0.15, -0.1) is 11.3 Å². The van der Waals surface area contributed by atoms with Crippen LogP contribution in [0.4, 0.5) is 0 Å². The Morgan fingerprint density at radius 2 is 2.43 bits per heavy atom. The monoisotopic (exact) mass is 212 g/mol. The number of nitrogens with zero attached hydrogens (tertiary/aromatic N) is 2. The van der Waals surface area contributed by atoms with E-state index < -0.39 is 0 Å². The van der Waals surface area contributed by atoms with Crippen molar-refractivity contribution in [1.82, 2.24) is 9.88 Å². The fourth-order valence-corrected chi connectivity index (χ4v) is 1.96. The zero-order valence-electron chi connectivity index (χ0n) is 7.81. The number of carbonyl (C=O) groups excluding carboxylic acids is 1. The third-order valence-corrected chi connectivity index (χ3v) is 2.75. The smallest absolute Gasteiger partial charge is 0.273 e. The summed E-state index contributed by atoms with van der Waals surface area (Å²) in [6.45, 7) is 2.84. The molecular weight excluding hydrogens is 200 g/mol. The van der Waals surface area contributed by atoms with Gasteiger partial charge in [-0.25, -0.2) is 4.98 Å². The highest BCUT2D eigenvalue weighted by molar-refractivity contribution is 7.07. The average Bonchev–Trinajstić information content (AvgIpc) is 2.59. The van der Waals surface area contributed by atoms with Gasteiger partial charge in [0.1, 0.15) is 5.69 Å². The molecule has 1 aromatic rings. The van der Waals surface area contributed by atoms with E-state index in [4.69, 9.17) is 4.74 Å². The molecule has 0 atom stereocenters. The molecule has 1 saturated heterocycles. The number of carbonyl (C=O) groups is 1. The second-order valence-corrected chi connectivity index (χ2v) is 3.85. The van der Waals surface area contributed by atoms with Gasteiger partial charge < -0.3 is 9.64 Å². The molecule has 1 fully saturated rings. The lowest BCUT2D eigenvalue weighted by molar-refractivity contribution is 0.0736. The molecule has 14 heavy (non-hydrogen) atoms.